The van der Waals surface area contributed by atoms with Gasteiger partial charge >= 0.3 is 0 Å². The molecule has 0 saturated carbocycles. The third kappa shape index (κ3) is 3.98. The molecule has 0 aliphatic carbocycles. The minimum absolute atomic E-state index is 0.0487. The molecule has 0 radical (unpaired) electrons. The molecule has 0 bridgehead atoms. The summed E-state index contributed by atoms with van der Waals surface area (Å²) in [6.07, 6.45) is 1.35. The number of hydrogen-bond acceptors (Lipinski definition) is 2. The molecular weight excluding hydrogens is 252 g/mol. The standard InChI is InChI=1S/C17H18OS/c1-2-14(13-19-16-11-7-4-8-12-16)17(18)15-9-5-3-6-10-15/h2-12,14,17-18H,1,13H2/t14-,17+/m0/s1. The van der Waals surface area contributed by atoms with Crippen LogP contribution in [0.2, 0.25) is 0 Å². The van der Waals surface area contributed by atoms with E-state index in [1.807, 2.05) is 54.6 Å². The lowest BCUT2D eigenvalue weighted by molar-refractivity contribution is 0.142. The van der Waals surface area contributed by atoms with Gasteiger partial charge in [0.05, 0.1) is 6.10 Å². The molecule has 2 heteroatoms. The van der Waals surface area contributed by atoms with Gasteiger partial charge in [-0.15, -0.1) is 18.3 Å². The highest BCUT2D eigenvalue weighted by molar-refractivity contribution is 7.99. The molecule has 2 rings (SSSR count). The van der Waals surface area contributed by atoms with Gasteiger partial charge in [-0.25, -0.2) is 0 Å². The molecule has 98 valence electrons. The van der Waals surface area contributed by atoms with Crippen molar-refractivity contribution < 1.29 is 5.11 Å². The van der Waals surface area contributed by atoms with E-state index >= 15 is 0 Å². The minimum atomic E-state index is -0.491. The van der Waals surface area contributed by atoms with Crippen molar-refractivity contribution >= 4 is 11.8 Å². The number of benzene rings is 2. The fourth-order valence-corrected chi connectivity index (χ4v) is 2.95. The Balaban J connectivity index is 1.99. The molecule has 0 amide bonds. The molecule has 0 unspecified atom stereocenters. The summed E-state index contributed by atoms with van der Waals surface area (Å²) in [5, 5.41) is 10.4. The summed E-state index contributed by atoms with van der Waals surface area (Å²) in [4.78, 5) is 1.22. The predicted molar refractivity (Wildman–Crippen MR) is 82.3 cm³/mol. The fourth-order valence-electron chi connectivity index (χ4n) is 1.89. The highest BCUT2D eigenvalue weighted by Crippen LogP contribution is 2.29. The van der Waals surface area contributed by atoms with Crippen molar-refractivity contribution in [3.63, 3.8) is 0 Å². The number of aliphatic hydroxyl groups excluding tert-OH is 1. The number of aliphatic hydroxyl groups is 1. The average Bonchev–Trinajstić information content (AvgIpc) is 2.49. The number of rotatable bonds is 6. The zero-order valence-corrected chi connectivity index (χ0v) is 11.6. The summed E-state index contributed by atoms with van der Waals surface area (Å²) in [6.45, 7) is 3.85. The van der Waals surface area contributed by atoms with Crippen molar-refractivity contribution in [3.8, 4) is 0 Å². The van der Waals surface area contributed by atoms with Crippen molar-refractivity contribution in [2.24, 2.45) is 5.92 Å². The van der Waals surface area contributed by atoms with Crippen LogP contribution in [0.15, 0.2) is 78.2 Å². The summed E-state index contributed by atoms with van der Waals surface area (Å²) in [6, 6.07) is 20.0. The van der Waals surface area contributed by atoms with Crippen LogP contribution >= 0.6 is 11.8 Å². The highest BCUT2D eigenvalue weighted by atomic mass is 32.2. The summed E-state index contributed by atoms with van der Waals surface area (Å²) in [5.41, 5.74) is 0.945. The SMILES string of the molecule is C=C[C@@H](CSc1ccccc1)[C@@H](O)c1ccccc1. The second-order valence-electron chi connectivity index (χ2n) is 4.38. The van der Waals surface area contributed by atoms with Crippen LogP contribution in [0.5, 0.6) is 0 Å². The largest absolute Gasteiger partial charge is 0.388 e. The minimum Gasteiger partial charge on any atom is -0.388 e. The predicted octanol–water partition coefficient (Wildman–Crippen LogP) is 4.31. The Kier molecular flexibility index (Phi) is 5.25. The van der Waals surface area contributed by atoms with Crippen LogP contribution in [0.3, 0.4) is 0 Å². The quantitative estimate of drug-likeness (QED) is 0.623. The van der Waals surface area contributed by atoms with Crippen molar-refractivity contribution in [2.75, 3.05) is 5.75 Å². The van der Waals surface area contributed by atoms with Gasteiger partial charge in [0.15, 0.2) is 0 Å². The van der Waals surface area contributed by atoms with Crippen LogP contribution < -0.4 is 0 Å². The molecule has 0 saturated heterocycles. The Morgan fingerprint density at radius 3 is 2.16 bits per heavy atom. The van der Waals surface area contributed by atoms with Crippen LogP contribution in [0.1, 0.15) is 11.7 Å². The number of thioether (sulfide) groups is 1. The molecule has 1 N–H and O–H groups in total. The van der Waals surface area contributed by atoms with Gasteiger partial charge < -0.3 is 5.11 Å². The van der Waals surface area contributed by atoms with Crippen molar-refractivity contribution in [1.29, 1.82) is 0 Å². The van der Waals surface area contributed by atoms with Crippen molar-refractivity contribution in [3.05, 3.63) is 78.9 Å². The first-order valence-corrected chi connectivity index (χ1v) is 7.33. The van der Waals surface area contributed by atoms with Gasteiger partial charge in [0, 0.05) is 16.6 Å². The third-order valence-electron chi connectivity index (χ3n) is 3.04. The van der Waals surface area contributed by atoms with E-state index in [-0.39, 0.29) is 5.92 Å². The maximum Gasteiger partial charge on any atom is 0.0860 e. The smallest absolute Gasteiger partial charge is 0.0860 e. The van der Waals surface area contributed by atoms with Gasteiger partial charge in [-0.1, -0.05) is 54.6 Å². The van der Waals surface area contributed by atoms with Crippen molar-refractivity contribution in [2.45, 2.75) is 11.0 Å². The Hall–Kier alpha value is -1.51. The first-order valence-electron chi connectivity index (χ1n) is 6.34. The summed E-state index contributed by atoms with van der Waals surface area (Å²) >= 11 is 1.74. The van der Waals surface area contributed by atoms with Gasteiger partial charge in [-0.2, -0.15) is 0 Å². The molecule has 0 aromatic heterocycles. The lowest BCUT2D eigenvalue weighted by Gasteiger charge is -2.19. The van der Waals surface area contributed by atoms with Gasteiger partial charge in [0.2, 0.25) is 0 Å². The topological polar surface area (TPSA) is 20.2 Å². The first-order chi connectivity index (χ1) is 9.31. The zero-order valence-electron chi connectivity index (χ0n) is 10.8. The van der Waals surface area contributed by atoms with E-state index in [4.69, 9.17) is 0 Å². The molecule has 2 aromatic carbocycles. The second-order valence-corrected chi connectivity index (χ2v) is 5.47. The van der Waals surface area contributed by atoms with E-state index < -0.39 is 6.10 Å². The van der Waals surface area contributed by atoms with E-state index in [0.29, 0.717) is 0 Å². The summed E-state index contributed by atoms with van der Waals surface area (Å²) in [7, 11) is 0. The van der Waals surface area contributed by atoms with Gasteiger partial charge in [-0.05, 0) is 17.7 Å². The van der Waals surface area contributed by atoms with Crippen molar-refractivity contribution in [1.82, 2.24) is 0 Å². The van der Waals surface area contributed by atoms with E-state index in [2.05, 4.69) is 18.7 Å². The molecule has 2 aromatic rings. The number of hydrogen-bond donors (Lipinski definition) is 1. The molecule has 19 heavy (non-hydrogen) atoms. The first kappa shape index (κ1) is 13.9. The van der Waals surface area contributed by atoms with E-state index in [0.717, 1.165) is 11.3 Å². The van der Waals surface area contributed by atoms with E-state index in [1.54, 1.807) is 11.8 Å². The van der Waals surface area contributed by atoms with Gasteiger partial charge in [-0.3, -0.25) is 0 Å². The van der Waals surface area contributed by atoms with E-state index in [1.165, 1.54) is 4.90 Å². The monoisotopic (exact) mass is 270 g/mol. The Labute approximate surface area is 119 Å². The second kappa shape index (κ2) is 7.17. The van der Waals surface area contributed by atoms with E-state index in [9.17, 15) is 5.11 Å². The lowest BCUT2D eigenvalue weighted by Crippen LogP contribution is -2.12. The van der Waals surface area contributed by atoms with Crippen LogP contribution in [-0.2, 0) is 0 Å². The Bertz CT molecular complexity index is 495. The maximum atomic E-state index is 10.4. The lowest BCUT2D eigenvalue weighted by atomic mass is 9.97. The summed E-state index contributed by atoms with van der Waals surface area (Å²) < 4.78 is 0. The molecule has 0 heterocycles. The van der Waals surface area contributed by atoms with Crippen LogP contribution in [0, 0.1) is 5.92 Å². The fraction of sp³-hybridized carbons (Fsp3) is 0.176. The van der Waals surface area contributed by atoms with Crippen LogP contribution in [-0.4, -0.2) is 10.9 Å². The molecule has 1 nitrogen and oxygen atoms in total. The third-order valence-corrected chi connectivity index (χ3v) is 4.19. The Morgan fingerprint density at radius 2 is 1.58 bits per heavy atom. The van der Waals surface area contributed by atoms with Gasteiger partial charge in [0.1, 0.15) is 0 Å². The van der Waals surface area contributed by atoms with Gasteiger partial charge in [0.25, 0.3) is 0 Å². The highest BCUT2D eigenvalue weighted by Gasteiger charge is 2.17. The maximum absolute atomic E-state index is 10.4. The normalized spacial score (nSPS) is 13.7. The van der Waals surface area contributed by atoms with Crippen LogP contribution in [0.4, 0.5) is 0 Å². The zero-order chi connectivity index (χ0) is 13.5. The molecule has 0 fully saturated rings. The molecule has 0 aliphatic rings. The molecule has 0 spiro atoms. The molecular formula is C17H18OS. The average molecular weight is 270 g/mol. The summed E-state index contributed by atoms with van der Waals surface area (Å²) in [5.74, 6) is 0.872. The van der Waals surface area contributed by atoms with Crippen LogP contribution in [0.25, 0.3) is 0 Å². The molecule has 0 aliphatic heterocycles. The molecule has 2 atom stereocenters. The Morgan fingerprint density at radius 1 is 1.00 bits per heavy atom.